The van der Waals surface area contributed by atoms with Crippen molar-refractivity contribution in [1.82, 2.24) is 10.6 Å². The predicted octanol–water partition coefficient (Wildman–Crippen LogP) is 2.49. The molecule has 1 rings (SSSR count). The lowest BCUT2D eigenvalue weighted by Crippen LogP contribution is -2.38. The number of carbonyl (C=O) groups excluding carboxylic acids is 1. The molecule has 4 heteroatoms. The van der Waals surface area contributed by atoms with Crippen molar-refractivity contribution in [1.29, 1.82) is 0 Å². The third kappa shape index (κ3) is 6.17. The quantitative estimate of drug-likeness (QED) is 0.760. The normalized spacial score (nSPS) is 12.4. The zero-order valence-corrected chi connectivity index (χ0v) is 12.4. The Morgan fingerprint density at radius 1 is 1.44 bits per heavy atom. The van der Waals surface area contributed by atoms with Crippen LogP contribution in [0.1, 0.15) is 36.4 Å². The van der Waals surface area contributed by atoms with Gasteiger partial charge in [-0.25, -0.2) is 0 Å². The number of likely N-dealkylation sites (N-methyl/N-ethyl adjacent to an activating group) is 1. The van der Waals surface area contributed by atoms with Crippen LogP contribution >= 0.6 is 11.3 Å². The Kier molecular flexibility index (Phi) is 6.98. The summed E-state index contributed by atoms with van der Waals surface area (Å²) in [4.78, 5) is 14.3. The smallest absolute Gasteiger partial charge is 0.220 e. The van der Waals surface area contributed by atoms with Crippen molar-refractivity contribution in [2.75, 3.05) is 13.1 Å². The van der Waals surface area contributed by atoms with Gasteiger partial charge in [0.25, 0.3) is 0 Å². The number of aryl methyl sites for hydroxylation is 2. The molecule has 0 saturated carbocycles. The summed E-state index contributed by atoms with van der Waals surface area (Å²) < 4.78 is 0. The van der Waals surface area contributed by atoms with Gasteiger partial charge in [-0.3, -0.25) is 4.79 Å². The molecule has 1 atom stereocenters. The Labute approximate surface area is 114 Å². The number of hydrogen-bond donors (Lipinski definition) is 2. The van der Waals surface area contributed by atoms with E-state index in [-0.39, 0.29) is 5.91 Å². The molecule has 0 saturated heterocycles. The summed E-state index contributed by atoms with van der Waals surface area (Å²) in [6.45, 7) is 7.92. The first-order valence-corrected chi connectivity index (χ1v) is 7.49. The zero-order valence-electron chi connectivity index (χ0n) is 11.6. The highest BCUT2D eigenvalue weighted by molar-refractivity contribution is 7.11. The SMILES string of the molecule is CCN[C@H](C)CNC(=O)CCCc1ccc(C)s1. The van der Waals surface area contributed by atoms with Gasteiger partial charge in [0.15, 0.2) is 0 Å². The van der Waals surface area contributed by atoms with E-state index >= 15 is 0 Å². The number of nitrogens with one attached hydrogen (secondary N) is 2. The van der Waals surface area contributed by atoms with Crippen molar-refractivity contribution in [3.63, 3.8) is 0 Å². The van der Waals surface area contributed by atoms with Gasteiger partial charge in [-0.2, -0.15) is 0 Å². The summed E-state index contributed by atoms with van der Waals surface area (Å²) in [6.07, 6.45) is 2.56. The summed E-state index contributed by atoms with van der Waals surface area (Å²) in [5.74, 6) is 0.160. The second kappa shape index (κ2) is 8.27. The lowest BCUT2D eigenvalue weighted by molar-refractivity contribution is -0.121. The van der Waals surface area contributed by atoms with Crippen LogP contribution in [-0.2, 0) is 11.2 Å². The lowest BCUT2D eigenvalue weighted by Gasteiger charge is -2.12. The third-order valence-electron chi connectivity index (χ3n) is 2.78. The molecule has 0 aliphatic heterocycles. The molecular weight excluding hydrogens is 244 g/mol. The summed E-state index contributed by atoms with van der Waals surface area (Å²) >= 11 is 1.82. The standard InChI is InChI=1S/C14H24N2OS/c1-4-15-11(2)10-16-14(17)7-5-6-13-9-8-12(3)18-13/h8-9,11,15H,4-7,10H2,1-3H3,(H,16,17)/t11-/m1/s1. The molecule has 0 aliphatic carbocycles. The van der Waals surface area contributed by atoms with Crippen molar-refractivity contribution in [3.8, 4) is 0 Å². The van der Waals surface area contributed by atoms with Gasteiger partial charge < -0.3 is 10.6 Å². The third-order valence-corrected chi connectivity index (χ3v) is 3.84. The Balaban J connectivity index is 2.10. The second-order valence-corrected chi connectivity index (χ2v) is 6.00. The number of thiophene rings is 1. The first-order chi connectivity index (χ1) is 8.61. The topological polar surface area (TPSA) is 41.1 Å². The van der Waals surface area contributed by atoms with Crippen LogP contribution in [0.2, 0.25) is 0 Å². The molecule has 0 radical (unpaired) electrons. The molecule has 0 aliphatic rings. The molecule has 18 heavy (non-hydrogen) atoms. The van der Waals surface area contributed by atoms with Crippen LogP contribution in [0.25, 0.3) is 0 Å². The van der Waals surface area contributed by atoms with E-state index in [9.17, 15) is 4.79 Å². The summed E-state index contributed by atoms with van der Waals surface area (Å²) in [7, 11) is 0. The molecule has 0 aromatic carbocycles. The molecule has 0 fully saturated rings. The molecular formula is C14H24N2OS. The average Bonchev–Trinajstić information content (AvgIpc) is 2.73. The Morgan fingerprint density at radius 3 is 2.83 bits per heavy atom. The van der Waals surface area contributed by atoms with Crippen molar-refractivity contribution in [2.24, 2.45) is 0 Å². The van der Waals surface area contributed by atoms with E-state index in [0.29, 0.717) is 19.0 Å². The maximum atomic E-state index is 11.6. The van der Waals surface area contributed by atoms with Gasteiger partial charge in [-0.15, -0.1) is 11.3 Å². The van der Waals surface area contributed by atoms with Crippen LogP contribution in [0.3, 0.4) is 0 Å². The molecule has 1 aromatic heterocycles. The Hall–Kier alpha value is -0.870. The van der Waals surface area contributed by atoms with Crippen LogP contribution in [0, 0.1) is 6.92 Å². The molecule has 1 amide bonds. The highest BCUT2D eigenvalue weighted by atomic mass is 32.1. The summed E-state index contributed by atoms with van der Waals surface area (Å²) in [6, 6.07) is 4.64. The van der Waals surface area contributed by atoms with Gasteiger partial charge in [0.1, 0.15) is 0 Å². The van der Waals surface area contributed by atoms with E-state index in [4.69, 9.17) is 0 Å². The largest absolute Gasteiger partial charge is 0.355 e. The Morgan fingerprint density at radius 2 is 2.22 bits per heavy atom. The van der Waals surface area contributed by atoms with Gasteiger partial charge in [0.05, 0.1) is 0 Å². The first-order valence-electron chi connectivity index (χ1n) is 6.67. The van der Waals surface area contributed by atoms with Gasteiger partial charge in [-0.05, 0) is 45.4 Å². The second-order valence-electron chi connectivity index (χ2n) is 4.63. The average molecular weight is 268 g/mol. The van der Waals surface area contributed by atoms with Crippen molar-refractivity contribution < 1.29 is 4.79 Å². The molecule has 0 spiro atoms. The fourth-order valence-electron chi connectivity index (χ4n) is 1.82. The molecule has 2 N–H and O–H groups in total. The fraction of sp³-hybridized carbons (Fsp3) is 0.643. The Bertz CT molecular complexity index is 362. The molecule has 0 unspecified atom stereocenters. The zero-order chi connectivity index (χ0) is 13.4. The molecule has 1 heterocycles. The van der Waals surface area contributed by atoms with E-state index < -0.39 is 0 Å². The fourth-order valence-corrected chi connectivity index (χ4v) is 2.75. The van der Waals surface area contributed by atoms with Crippen molar-refractivity contribution in [2.45, 2.75) is 46.1 Å². The van der Waals surface area contributed by atoms with Crippen LogP contribution in [-0.4, -0.2) is 25.0 Å². The minimum Gasteiger partial charge on any atom is -0.355 e. The van der Waals surface area contributed by atoms with Crippen LogP contribution in [0.15, 0.2) is 12.1 Å². The predicted molar refractivity (Wildman–Crippen MR) is 78.1 cm³/mol. The molecule has 102 valence electrons. The maximum Gasteiger partial charge on any atom is 0.220 e. The molecule has 0 bridgehead atoms. The van der Waals surface area contributed by atoms with E-state index in [1.165, 1.54) is 9.75 Å². The van der Waals surface area contributed by atoms with Gasteiger partial charge >= 0.3 is 0 Å². The maximum absolute atomic E-state index is 11.6. The van der Waals surface area contributed by atoms with Gasteiger partial charge in [0, 0.05) is 28.8 Å². The summed E-state index contributed by atoms with van der Waals surface area (Å²) in [5, 5.41) is 6.23. The van der Waals surface area contributed by atoms with Crippen LogP contribution in [0.4, 0.5) is 0 Å². The molecule has 3 nitrogen and oxygen atoms in total. The van der Waals surface area contributed by atoms with Crippen LogP contribution in [0.5, 0.6) is 0 Å². The number of carbonyl (C=O) groups is 1. The van der Waals surface area contributed by atoms with E-state index in [1.807, 2.05) is 11.3 Å². The monoisotopic (exact) mass is 268 g/mol. The van der Waals surface area contributed by atoms with Crippen molar-refractivity contribution in [3.05, 3.63) is 21.9 Å². The van der Waals surface area contributed by atoms with Gasteiger partial charge in [-0.1, -0.05) is 6.92 Å². The molecule has 1 aromatic rings. The number of hydrogen-bond acceptors (Lipinski definition) is 3. The lowest BCUT2D eigenvalue weighted by atomic mass is 10.2. The number of rotatable bonds is 8. The van der Waals surface area contributed by atoms with Crippen LogP contribution < -0.4 is 10.6 Å². The van der Waals surface area contributed by atoms with Gasteiger partial charge in [0.2, 0.25) is 5.91 Å². The van der Waals surface area contributed by atoms with Crippen molar-refractivity contribution >= 4 is 17.2 Å². The van der Waals surface area contributed by atoms with E-state index in [0.717, 1.165) is 19.4 Å². The number of amides is 1. The first kappa shape index (κ1) is 15.2. The minimum absolute atomic E-state index is 0.160. The van der Waals surface area contributed by atoms with E-state index in [1.54, 1.807) is 0 Å². The minimum atomic E-state index is 0.160. The van der Waals surface area contributed by atoms with E-state index in [2.05, 4.69) is 43.5 Å². The summed E-state index contributed by atoms with van der Waals surface area (Å²) in [5.41, 5.74) is 0. The highest BCUT2D eigenvalue weighted by Crippen LogP contribution is 2.17. The highest BCUT2D eigenvalue weighted by Gasteiger charge is 2.05.